The number of esters is 1. The topological polar surface area (TPSA) is 58.6 Å². The number of ether oxygens (including phenoxy) is 1. The highest BCUT2D eigenvalue weighted by molar-refractivity contribution is 5.78. The molecule has 5 aliphatic carbocycles. The lowest BCUT2D eigenvalue weighted by Gasteiger charge is -2.73. The Hall–Kier alpha value is -1.65. The van der Waals surface area contributed by atoms with Gasteiger partial charge in [0.2, 0.25) is 0 Å². The predicted octanol–water partition coefficient (Wildman–Crippen LogP) is 7.95. The van der Waals surface area contributed by atoms with Crippen molar-refractivity contribution in [2.45, 2.75) is 111 Å². The van der Waals surface area contributed by atoms with Crippen LogP contribution >= 0.6 is 0 Å². The summed E-state index contributed by atoms with van der Waals surface area (Å²) in [4.78, 5) is 13.5. The van der Waals surface area contributed by atoms with Gasteiger partial charge in [-0.05, 0) is 123 Å². The fourth-order valence-corrected chi connectivity index (χ4v) is 12.8. The molecule has 5 aliphatic rings. The molecule has 1 aromatic carbocycles. The molecule has 0 amide bonds. The average molecular weight is 576 g/mol. The molecule has 0 heterocycles. The molecule has 0 radical (unpaired) electrons. The van der Waals surface area contributed by atoms with E-state index in [2.05, 4.69) is 76.8 Å². The number of methoxy groups -OCH3 is 1. The van der Waals surface area contributed by atoms with Crippen molar-refractivity contribution >= 4 is 5.97 Å². The molecule has 5 saturated carbocycles. The van der Waals surface area contributed by atoms with Crippen molar-refractivity contribution in [2.75, 3.05) is 13.7 Å². The molecule has 0 spiro atoms. The van der Waals surface area contributed by atoms with Crippen LogP contribution in [0.25, 0.3) is 0 Å². The molecule has 6 rings (SSSR count). The first kappa shape index (κ1) is 30.4. The van der Waals surface area contributed by atoms with Crippen LogP contribution in [0, 0.1) is 56.7 Å². The maximum absolute atomic E-state index is 13.5. The summed E-state index contributed by atoms with van der Waals surface area (Å²) in [5, 5.41) is 15.3. The van der Waals surface area contributed by atoms with Crippen LogP contribution in [0.15, 0.2) is 42.5 Å². The SMILES string of the molecule is C=C(C)C1CCC2(C(=O)OC)CC[C@]3(C)C(CCC4[C@@]5(C)CC[C@H](O)[C@@](C)(CNCc6ccccc6)C5CC[C@]43C)C12. The quantitative estimate of drug-likeness (QED) is 0.267. The Morgan fingerprint density at radius 2 is 1.67 bits per heavy atom. The van der Waals surface area contributed by atoms with Gasteiger partial charge in [0.1, 0.15) is 0 Å². The number of aliphatic hydroxyl groups excluding tert-OH is 1. The molecule has 0 saturated heterocycles. The summed E-state index contributed by atoms with van der Waals surface area (Å²) in [6.45, 7) is 18.6. The number of nitrogens with one attached hydrogen (secondary N) is 1. The lowest BCUT2D eigenvalue weighted by Crippen LogP contribution is -2.68. The van der Waals surface area contributed by atoms with Crippen LogP contribution in [0.2, 0.25) is 0 Å². The first-order valence-corrected chi connectivity index (χ1v) is 17.0. The van der Waals surface area contributed by atoms with E-state index in [4.69, 9.17) is 4.74 Å². The average Bonchev–Trinajstić information content (AvgIpc) is 3.37. The van der Waals surface area contributed by atoms with E-state index in [1.54, 1.807) is 7.11 Å². The van der Waals surface area contributed by atoms with Gasteiger partial charge in [-0.1, -0.05) is 70.2 Å². The van der Waals surface area contributed by atoms with E-state index in [1.807, 2.05) is 0 Å². The second-order valence-electron chi connectivity index (χ2n) is 16.5. The van der Waals surface area contributed by atoms with Gasteiger partial charge in [0.15, 0.2) is 0 Å². The number of aliphatic hydroxyl groups is 1. The van der Waals surface area contributed by atoms with Crippen molar-refractivity contribution in [3.8, 4) is 0 Å². The number of allylic oxidation sites excluding steroid dienone is 1. The highest BCUT2D eigenvalue weighted by atomic mass is 16.5. The second kappa shape index (κ2) is 10.5. The zero-order valence-corrected chi connectivity index (χ0v) is 27.3. The molecule has 0 bridgehead atoms. The molecule has 42 heavy (non-hydrogen) atoms. The summed E-state index contributed by atoms with van der Waals surface area (Å²) >= 11 is 0. The molecule has 0 aliphatic heterocycles. The Kier molecular flexibility index (Phi) is 7.57. The molecular weight excluding hydrogens is 518 g/mol. The Bertz CT molecular complexity index is 1200. The van der Waals surface area contributed by atoms with E-state index >= 15 is 0 Å². The normalized spacial score (nSPS) is 47.9. The highest BCUT2D eigenvalue weighted by Crippen LogP contribution is 2.77. The van der Waals surface area contributed by atoms with Crippen LogP contribution in [0.3, 0.4) is 0 Å². The first-order valence-electron chi connectivity index (χ1n) is 17.0. The van der Waals surface area contributed by atoms with Gasteiger partial charge in [-0.3, -0.25) is 4.79 Å². The van der Waals surface area contributed by atoms with Gasteiger partial charge in [0.05, 0.1) is 18.6 Å². The molecule has 2 N–H and O–H groups in total. The monoisotopic (exact) mass is 575 g/mol. The first-order chi connectivity index (χ1) is 19.9. The molecule has 11 atom stereocenters. The number of carbonyl (C=O) groups is 1. The minimum Gasteiger partial charge on any atom is -0.469 e. The summed E-state index contributed by atoms with van der Waals surface area (Å²) in [6, 6.07) is 10.7. The van der Waals surface area contributed by atoms with Crippen molar-refractivity contribution in [3.63, 3.8) is 0 Å². The fourth-order valence-electron chi connectivity index (χ4n) is 12.8. The van der Waals surface area contributed by atoms with Gasteiger partial charge in [0, 0.05) is 18.5 Å². The Morgan fingerprint density at radius 1 is 0.929 bits per heavy atom. The van der Waals surface area contributed by atoms with Crippen LogP contribution in [-0.2, 0) is 16.1 Å². The number of rotatable bonds is 6. The molecule has 4 nitrogen and oxygen atoms in total. The summed E-state index contributed by atoms with van der Waals surface area (Å²) < 4.78 is 5.55. The largest absolute Gasteiger partial charge is 0.469 e. The van der Waals surface area contributed by atoms with E-state index in [9.17, 15) is 9.90 Å². The second-order valence-corrected chi connectivity index (χ2v) is 16.5. The van der Waals surface area contributed by atoms with Gasteiger partial charge in [-0.15, -0.1) is 0 Å². The smallest absolute Gasteiger partial charge is 0.312 e. The Morgan fingerprint density at radius 3 is 2.36 bits per heavy atom. The number of hydrogen-bond donors (Lipinski definition) is 2. The van der Waals surface area contributed by atoms with Crippen molar-refractivity contribution in [1.29, 1.82) is 0 Å². The van der Waals surface area contributed by atoms with Gasteiger partial charge in [-0.2, -0.15) is 0 Å². The number of fused-ring (bicyclic) bond motifs is 7. The van der Waals surface area contributed by atoms with Gasteiger partial charge >= 0.3 is 5.97 Å². The van der Waals surface area contributed by atoms with Gasteiger partial charge < -0.3 is 15.2 Å². The van der Waals surface area contributed by atoms with E-state index < -0.39 is 0 Å². The Balaban J connectivity index is 1.30. The van der Waals surface area contributed by atoms with E-state index in [1.165, 1.54) is 36.8 Å². The Labute approximate surface area is 255 Å². The van der Waals surface area contributed by atoms with Crippen LogP contribution in [0.5, 0.6) is 0 Å². The third-order valence-electron chi connectivity index (χ3n) is 15.1. The zero-order valence-electron chi connectivity index (χ0n) is 27.3. The zero-order chi connectivity index (χ0) is 30.1. The van der Waals surface area contributed by atoms with Gasteiger partial charge in [0.25, 0.3) is 0 Å². The summed E-state index contributed by atoms with van der Waals surface area (Å²) in [5.41, 5.74) is 2.74. The predicted molar refractivity (Wildman–Crippen MR) is 169 cm³/mol. The minimum absolute atomic E-state index is 0.0429. The molecule has 6 unspecified atom stereocenters. The maximum atomic E-state index is 13.5. The van der Waals surface area contributed by atoms with Crippen molar-refractivity contribution in [2.24, 2.45) is 56.7 Å². The van der Waals surface area contributed by atoms with Crippen molar-refractivity contribution in [1.82, 2.24) is 5.32 Å². The van der Waals surface area contributed by atoms with Crippen LogP contribution in [-0.4, -0.2) is 30.8 Å². The lowest BCUT2D eigenvalue weighted by atomic mass is 9.32. The lowest BCUT2D eigenvalue weighted by molar-refractivity contribution is -0.250. The molecule has 232 valence electrons. The number of benzene rings is 1. The summed E-state index contributed by atoms with van der Waals surface area (Å²) in [5.74, 6) is 2.49. The summed E-state index contributed by atoms with van der Waals surface area (Å²) in [7, 11) is 1.60. The number of hydrogen-bond acceptors (Lipinski definition) is 4. The maximum Gasteiger partial charge on any atom is 0.312 e. The van der Waals surface area contributed by atoms with Crippen molar-refractivity contribution in [3.05, 3.63) is 48.0 Å². The fraction of sp³-hybridized carbons (Fsp3) is 0.763. The molecular formula is C38H57NO3. The van der Waals surface area contributed by atoms with Crippen LogP contribution in [0.4, 0.5) is 0 Å². The minimum atomic E-state index is -0.329. The van der Waals surface area contributed by atoms with E-state index in [-0.39, 0.29) is 39.1 Å². The molecule has 0 aromatic heterocycles. The van der Waals surface area contributed by atoms with Crippen LogP contribution in [0.1, 0.15) is 104 Å². The third-order valence-corrected chi connectivity index (χ3v) is 15.1. The third kappa shape index (κ3) is 4.09. The molecule has 4 heteroatoms. The number of carbonyl (C=O) groups excluding carboxylic acids is 1. The molecule has 1 aromatic rings. The van der Waals surface area contributed by atoms with E-state index in [0.29, 0.717) is 29.6 Å². The van der Waals surface area contributed by atoms with Crippen molar-refractivity contribution < 1.29 is 14.6 Å². The highest BCUT2D eigenvalue weighted by Gasteiger charge is 2.72. The molecule has 5 fully saturated rings. The van der Waals surface area contributed by atoms with Crippen LogP contribution < -0.4 is 5.32 Å². The van der Waals surface area contributed by atoms with E-state index in [0.717, 1.165) is 51.6 Å². The van der Waals surface area contributed by atoms with Gasteiger partial charge in [-0.25, -0.2) is 0 Å². The standard InChI is InChI=1S/C38H57NO3/c1-25(2)27-15-20-38(33(41)42-7)22-21-36(5)28(32(27)38)13-14-30-34(3)18-17-31(40)35(4,29(34)16-19-37(30,36)6)24-39-23-26-11-9-8-10-12-26/h8-12,27-32,39-40H,1,13-24H2,2-7H3/t27?,28?,29?,30?,31-,32?,34-,35-,36+,37+,38?/m0/s1. The summed E-state index contributed by atoms with van der Waals surface area (Å²) in [6.07, 6.45) is 10.7.